The lowest BCUT2D eigenvalue weighted by Crippen LogP contribution is -2.44. The van der Waals surface area contributed by atoms with Gasteiger partial charge in [0.05, 0.1) is 29.0 Å². The molecule has 0 saturated carbocycles. The van der Waals surface area contributed by atoms with E-state index < -0.39 is 11.6 Å². The number of aromatic nitrogens is 3. The molecule has 2 aliphatic heterocycles. The Morgan fingerprint density at radius 3 is 2.56 bits per heavy atom. The summed E-state index contributed by atoms with van der Waals surface area (Å²) in [5, 5.41) is 12.0. The van der Waals surface area contributed by atoms with Crippen molar-refractivity contribution in [2.75, 3.05) is 0 Å². The van der Waals surface area contributed by atoms with E-state index in [9.17, 15) is 14.7 Å². The lowest BCUT2D eigenvalue weighted by molar-refractivity contribution is -0.172. The van der Waals surface area contributed by atoms with E-state index >= 15 is 0 Å². The maximum Gasteiger partial charge on any atom is 0.343 e. The number of benzene rings is 2. The Morgan fingerprint density at radius 2 is 1.78 bits per heavy atom. The molecule has 5 aromatic rings. The number of hydrogen-bond acceptors (Lipinski definition) is 5. The third kappa shape index (κ3) is 3.75. The van der Waals surface area contributed by atoms with Crippen molar-refractivity contribution in [2.24, 2.45) is 0 Å². The fraction of sp³-hybridized carbons (Fsp3) is 0.206. The van der Waals surface area contributed by atoms with E-state index in [1.165, 1.54) is 11.4 Å². The molecule has 0 fully saturated rings. The second kappa shape index (κ2) is 9.05. The van der Waals surface area contributed by atoms with Crippen LogP contribution in [0.4, 0.5) is 0 Å². The van der Waals surface area contributed by atoms with Gasteiger partial charge in [0.1, 0.15) is 6.61 Å². The van der Waals surface area contributed by atoms with Crippen molar-refractivity contribution in [3.05, 3.63) is 116 Å². The van der Waals surface area contributed by atoms with Crippen molar-refractivity contribution in [3.8, 4) is 28.9 Å². The zero-order chi connectivity index (χ0) is 28.5. The number of esters is 1. The summed E-state index contributed by atoms with van der Waals surface area (Å²) in [7, 11) is 0. The smallest absolute Gasteiger partial charge is 0.343 e. The topological polar surface area (TPSA) is 86.4 Å². The minimum atomic E-state index is -1.85. The Bertz CT molecular complexity index is 2040. The summed E-state index contributed by atoms with van der Waals surface area (Å²) in [6.45, 7) is 6.07. The van der Waals surface area contributed by atoms with E-state index in [1.54, 1.807) is 17.6 Å². The Balaban J connectivity index is 1.31. The van der Waals surface area contributed by atoms with Crippen molar-refractivity contribution in [3.63, 3.8) is 0 Å². The molecule has 7 nitrogen and oxygen atoms in total. The summed E-state index contributed by atoms with van der Waals surface area (Å²) in [4.78, 5) is 30.8. The summed E-state index contributed by atoms with van der Waals surface area (Å²) in [6, 6.07) is 22.0. The SMILES string of the molecule is CC[C@@]1(O)C(=O)OCc2c1cc1n(c2=O)Cc2cc3c(C#Cc4cccc(-n5c(C)ccc5C)c4)cccc3nc2-1. The first-order chi connectivity index (χ1) is 19.8. The third-order valence-electron chi connectivity index (χ3n) is 8.27. The number of ether oxygens (including phenoxy) is 1. The van der Waals surface area contributed by atoms with Crippen LogP contribution in [0.1, 0.15) is 52.5 Å². The summed E-state index contributed by atoms with van der Waals surface area (Å²) < 4.78 is 9.03. The Hall–Kier alpha value is -4.93. The molecule has 3 aromatic heterocycles. The van der Waals surface area contributed by atoms with Crippen LogP contribution >= 0.6 is 0 Å². The molecule has 7 heteroatoms. The zero-order valence-electron chi connectivity index (χ0n) is 23.0. The second-order valence-electron chi connectivity index (χ2n) is 10.7. The predicted octanol–water partition coefficient (Wildman–Crippen LogP) is 4.89. The highest BCUT2D eigenvalue weighted by molar-refractivity contribution is 5.89. The molecule has 1 atom stereocenters. The van der Waals surface area contributed by atoms with Gasteiger partial charge in [0.15, 0.2) is 5.60 Å². The highest BCUT2D eigenvalue weighted by Crippen LogP contribution is 2.38. The van der Waals surface area contributed by atoms with Crippen LogP contribution in [-0.4, -0.2) is 25.2 Å². The van der Waals surface area contributed by atoms with E-state index in [1.807, 2.05) is 36.4 Å². The predicted molar refractivity (Wildman–Crippen MR) is 156 cm³/mol. The average Bonchev–Trinajstić information content (AvgIpc) is 3.51. The quantitative estimate of drug-likeness (QED) is 0.249. The van der Waals surface area contributed by atoms with Gasteiger partial charge in [-0.05, 0) is 74.9 Å². The molecule has 2 aliphatic rings. The maximum atomic E-state index is 13.5. The first-order valence-electron chi connectivity index (χ1n) is 13.7. The molecule has 1 N–H and O–H groups in total. The van der Waals surface area contributed by atoms with E-state index in [0.29, 0.717) is 29.1 Å². The van der Waals surface area contributed by atoms with E-state index in [4.69, 9.17) is 9.72 Å². The van der Waals surface area contributed by atoms with Gasteiger partial charge < -0.3 is 19.0 Å². The normalized spacial score (nSPS) is 16.9. The first kappa shape index (κ1) is 25.1. The van der Waals surface area contributed by atoms with Gasteiger partial charge in [0.25, 0.3) is 5.56 Å². The van der Waals surface area contributed by atoms with Gasteiger partial charge in [0, 0.05) is 44.7 Å². The fourth-order valence-electron chi connectivity index (χ4n) is 6.05. The second-order valence-corrected chi connectivity index (χ2v) is 10.7. The van der Waals surface area contributed by atoms with Gasteiger partial charge in [-0.3, -0.25) is 4.79 Å². The van der Waals surface area contributed by atoms with Gasteiger partial charge in [-0.1, -0.05) is 30.9 Å². The molecule has 7 rings (SSSR count). The minimum absolute atomic E-state index is 0.106. The number of rotatable bonds is 2. The number of nitrogens with zero attached hydrogens (tertiary/aromatic N) is 3. The average molecular weight is 542 g/mol. The zero-order valence-corrected chi connectivity index (χ0v) is 23.0. The highest BCUT2D eigenvalue weighted by Gasteiger charge is 2.45. The van der Waals surface area contributed by atoms with Crippen molar-refractivity contribution >= 4 is 16.9 Å². The third-order valence-corrected chi connectivity index (χ3v) is 8.27. The van der Waals surface area contributed by atoms with Crippen LogP contribution in [0.5, 0.6) is 0 Å². The molecule has 2 aromatic carbocycles. The number of cyclic esters (lactones) is 1. The lowest BCUT2D eigenvalue weighted by Gasteiger charge is -2.31. The first-order valence-corrected chi connectivity index (χ1v) is 13.7. The van der Waals surface area contributed by atoms with Gasteiger partial charge in [-0.25, -0.2) is 9.78 Å². The number of fused-ring (bicyclic) bond motifs is 5. The van der Waals surface area contributed by atoms with Gasteiger partial charge in [-0.15, -0.1) is 0 Å². The van der Waals surface area contributed by atoms with Gasteiger partial charge >= 0.3 is 5.97 Å². The van der Waals surface area contributed by atoms with Crippen LogP contribution in [0, 0.1) is 25.7 Å². The number of aliphatic hydroxyl groups is 1. The van der Waals surface area contributed by atoms with E-state index in [-0.39, 0.29) is 18.6 Å². The Morgan fingerprint density at radius 1 is 1.00 bits per heavy atom. The van der Waals surface area contributed by atoms with Crippen LogP contribution in [-0.2, 0) is 28.3 Å². The molecule has 0 aliphatic carbocycles. The number of pyridine rings is 2. The Kier molecular flexibility index (Phi) is 5.53. The van der Waals surface area contributed by atoms with Crippen molar-refractivity contribution in [2.45, 2.75) is 45.9 Å². The monoisotopic (exact) mass is 541 g/mol. The van der Waals surface area contributed by atoms with Crippen molar-refractivity contribution in [1.82, 2.24) is 14.1 Å². The number of hydrogen-bond donors (Lipinski definition) is 1. The molecule has 0 spiro atoms. The molecule has 0 saturated heterocycles. The molecule has 202 valence electrons. The number of carbonyl (C=O) groups excluding carboxylic acids is 1. The molecule has 41 heavy (non-hydrogen) atoms. The van der Waals surface area contributed by atoms with Gasteiger partial charge in [-0.2, -0.15) is 0 Å². The standard InChI is InChI=1S/C34H27N3O4/c1-4-34(40)28-17-30-31-24(18-36(30)32(38)27(28)19-41-33(34)39)16-26-23(8-6-10-29(26)35-31)14-13-22-7-5-9-25(15-22)37-20(2)11-12-21(37)3/h5-12,15-17,40H,4,18-19H2,1-3H3/t34-/m0/s1. The molecule has 0 radical (unpaired) electrons. The maximum absolute atomic E-state index is 13.5. The summed E-state index contributed by atoms with van der Waals surface area (Å²) in [5.41, 5.74) is 6.58. The van der Waals surface area contributed by atoms with Gasteiger partial charge in [0.2, 0.25) is 0 Å². The Labute approximate surface area is 236 Å². The molecular formula is C34H27N3O4. The molecule has 0 unspecified atom stereocenters. The molecule has 5 heterocycles. The fourth-order valence-corrected chi connectivity index (χ4v) is 6.05. The van der Waals surface area contributed by atoms with Crippen molar-refractivity contribution < 1.29 is 14.6 Å². The van der Waals surface area contributed by atoms with Crippen LogP contribution in [0.15, 0.2) is 71.5 Å². The molecular weight excluding hydrogens is 514 g/mol. The summed E-state index contributed by atoms with van der Waals surface area (Å²) in [6.07, 6.45) is 0.106. The van der Waals surface area contributed by atoms with E-state index in [2.05, 4.69) is 54.5 Å². The number of carbonyl (C=O) groups is 1. The summed E-state index contributed by atoms with van der Waals surface area (Å²) >= 11 is 0. The number of aryl methyl sites for hydroxylation is 2. The lowest BCUT2D eigenvalue weighted by atomic mass is 9.86. The van der Waals surface area contributed by atoms with Crippen LogP contribution in [0.3, 0.4) is 0 Å². The highest BCUT2D eigenvalue weighted by atomic mass is 16.6. The molecule has 0 bridgehead atoms. The summed E-state index contributed by atoms with van der Waals surface area (Å²) in [5.74, 6) is 5.94. The minimum Gasteiger partial charge on any atom is -0.458 e. The van der Waals surface area contributed by atoms with Crippen molar-refractivity contribution in [1.29, 1.82) is 0 Å². The largest absolute Gasteiger partial charge is 0.458 e. The van der Waals surface area contributed by atoms with Crippen LogP contribution < -0.4 is 5.56 Å². The van der Waals surface area contributed by atoms with Crippen LogP contribution in [0.2, 0.25) is 0 Å². The molecule has 0 amide bonds. The van der Waals surface area contributed by atoms with Crippen LogP contribution in [0.25, 0.3) is 28.0 Å². The van der Waals surface area contributed by atoms with E-state index in [0.717, 1.165) is 33.3 Å².